The Morgan fingerprint density at radius 1 is 1.40 bits per heavy atom. The molecule has 2 unspecified atom stereocenters. The van der Waals surface area contributed by atoms with Crippen molar-refractivity contribution in [2.75, 3.05) is 26.3 Å². The molecule has 0 spiro atoms. The van der Waals surface area contributed by atoms with Crippen LogP contribution in [0.15, 0.2) is 0 Å². The van der Waals surface area contributed by atoms with Crippen molar-refractivity contribution in [3.8, 4) is 0 Å². The molecule has 0 aromatic rings. The van der Waals surface area contributed by atoms with E-state index >= 15 is 0 Å². The number of urea groups is 1. The van der Waals surface area contributed by atoms with Gasteiger partial charge in [-0.15, -0.1) is 0 Å². The van der Waals surface area contributed by atoms with E-state index in [0.717, 1.165) is 13.0 Å². The number of hydrogen-bond acceptors (Lipinski definition) is 3. The van der Waals surface area contributed by atoms with Crippen LogP contribution in [-0.4, -0.2) is 54.4 Å². The molecule has 2 fully saturated rings. The van der Waals surface area contributed by atoms with Crippen LogP contribution in [0, 0.1) is 11.3 Å². The summed E-state index contributed by atoms with van der Waals surface area (Å²) < 4.78 is 5.33. The fraction of sp³-hybridized carbons (Fsp3) is 0.857. The van der Waals surface area contributed by atoms with Gasteiger partial charge in [-0.1, -0.05) is 0 Å². The molecule has 0 aliphatic carbocycles. The van der Waals surface area contributed by atoms with Gasteiger partial charge in [0, 0.05) is 31.7 Å². The van der Waals surface area contributed by atoms with Gasteiger partial charge in [-0.05, 0) is 33.1 Å². The maximum Gasteiger partial charge on any atom is 0.317 e. The van der Waals surface area contributed by atoms with E-state index in [1.807, 2.05) is 6.92 Å². The van der Waals surface area contributed by atoms with Gasteiger partial charge in [0.25, 0.3) is 0 Å². The van der Waals surface area contributed by atoms with E-state index in [9.17, 15) is 14.7 Å². The maximum atomic E-state index is 12.2. The van der Waals surface area contributed by atoms with E-state index in [-0.39, 0.29) is 12.1 Å². The summed E-state index contributed by atoms with van der Waals surface area (Å²) >= 11 is 0. The highest BCUT2D eigenvalue weighted by atomic mass is 16.5. The Labute approximate surface area is 119 Å². The normalized spacial score (nSPS) is 27.1. The summed E-state index contributed by atoms with van der Waals surface area (Å²) in [5, 5.41) is 12.2. The molecule has 2 aliphatic rings. The van der Waals surface area contributed by atoms with E-state index in [4.69, 9.17) is 4.74 Å². The van der Waals surface area contributed by atoms with Crippen LogP contribution in [0.3, 0.4) is 0 Å². The molecule has 2 amide bonds. The molecule has 114 valence electrons. The molecule has 0 aromatic heterocycles. The minimum Gasteiger partial charge on any atom is -0.481 e. The molecule has 6 nitrogen and oxygen atoms in total. The topological polar surface area (TPSA) is 78.9 Å². The minimum atomic E-state index is -0.769. The number of likely N-dealkylation sites (tertiary alicyclic amines) is 1. The summed E-state index contributed by atoms with van der Waals surface area (Å²) in [5.41, 5.74) is -0.693. The number of carboxylic acid groups (broad SMARTS) is 1. The van der Waals surface area contributed by atoms with E-state index < -0.39 is 11.4 Å². The molecule has 2 aliphatic heterocycles. The van der Waals surface area contributed by atoms with E-state index in [0.29, 0.717) is 38.5 Å². The molecule has 0 aromatic carbocycles. The molecule has 0 radical (unpaired) electrons. The first-order chi connectivity index (χ1) is 9.42. The highest BCUT2D eigenvalue weighted by Gasteiger charge is 2.38. The quantitative estimate of drug-likeness (QED) is 0.819. The number of hydrogen-bond donors (Lipinski definition) is 2. The van der Waals surface area contributed by atoms with Crippen LogP contribution in [0.1, 0.15) is 33.1 Å². The zero-order valence-electron chi connectivity index (χ0n) is 12.2. The lowest BCUT2D eigenvalue weighted by Gasteiger charge is -2.37. The summed E-state index contributed by atoms with van der Waals surface area (Å²) in [5.74, 6) is -0.387. The molecule has 2 heterocycles. The largest absolute Gasteiger partial charge is 0.481 e. The van der Waals surface area contributed by atoms with E-state index in [1.165, 1.54) is 0 Å². The third kappa shape index (κ3) is 3.23. The average molecular weight is 284 g/mol. The molecular weight excluding hydrogens is 260 g/mol. The molecule has 2 N–H and O–H groups in total. The lowest BCUT2D eigenvalue weighted by atomic mass is 9.80. The summed E-state index contributed by atoms with van der Waals surface area (Å²) in [6.45, 7) is 6.24. The first-order valence-corrected chi connectivity index (χ1v) is 7.29. The number of nitrogens with zero attached hydrogens (tertiary/aromatic N) is 1. The third-order valence-electron chi connectivity index (χ3n) is 4.69. The number of rotatable bonds is 3. The smallest absolute Gasteiger partial charge is 0.317 e. The number of nitrogens with one attached hydrogen (secondary N) is 1. The van der Waals surface area contributed by atoms with Crippen LogP contribution in [0.5, 0.6) is 0 Å². The second kappa shape index (κ2) is 5.99. The molecule has 6 heteroatoms. The summed E-state index contributed by atoms with van der Waals surface area (Å²) in [6, 6.07) is 0.00891. The number of carboxylic acids is 1. The Morgan fingerprint density at radius 2 is 2.05 bits per heavy atom. The number of aliphatic carboxylic acids is 1. The van der Waals surface area contributed by atoms with Crippen LogP contribution in [0.25, 0.3) is 0 Å². The zero-order valence-corrected chi connectivity index (χ0v) is 12.2. The van der Waals surface area contributed by atoms with Crippen molar-refractivity contribution in [3.63, 3.8) is 0 Å². The Balaban J connectivity index is 1.81. The van der Waals surface area contributed by atoms with Crippen molar-refractivity contribution in [2.45, 2.75) is 39.2 Å². The number of ether oxygens (including phenoxy) is 1. The Bertz CT molecular complexity index is 371. The van der Waals surface area contributed by atoms with Gasteiger partial charge in [-0.25, -0.2) is 4.79 Å². The zero-order chi connectivity index (χ0) is 14.8. The molecule has 20 heavy (non-hydrogen) atoms. The number of piperidine rings is 1. The third-order valence-corrected chi connectivity index (χ3v) is 4.69. The number of amides is 2. The van der Waals surface area contributed by atoms with Gasteiger partial charge in [0.2, 0.25) is 0 Å². The van der Waals surface area contributed by atoms with Crippen molar-refractivity contribution in [1.29, 1.82) is 0 Å². The van der Waals surface area contributed by atoms with Gasteiger partial charge < -0.3 is 20.1 Å². The van der Waals surface area contributed by atoms with Gasteiger partial charge in [0.05, 0.1) is 12.0 Å². The Morgan fingerprint density at radius 3 is 2.55 bits per heavy atom. The lowest BCUT2D eigenvalue weighted by molar-refractivity contribution is -0.150. The van der Waals surface area contributed by atoms with Crippen LogP contribution < -0.4 is 5.32 Å². The molecule has 2 saturated heterocycles. The molecular formula is C14H24N2O4. The van der Waals surface area contributed by atoms with E-state index in [1.54, 1.807) is 11.8 Å². The minimum absolute atomic E-state index is 0.0863. The monoisotopic (exact) mass is 284 g/mol. The fourth-order valence-corrected chi connectivity index (χ4v) is 2.77. The number of carbonyl (C=O) groups is 2. The van der Waals surface area contributed by atoms with Crippen molar-refractivity contribution < 1.29 is 19.4 Å². The van der Waals surface area contributed by atoms with Crippen LogP contribution in [-0.2, 0) is 9.53 Å². The summed E-state index contributed by atoms with van der Waals surface area (Å²) in [7, 11) is 0. The number of carbonyl (C=O) groups excluding carboxylic acids is 1. The van der Waals surface area contributed by atoms with E-state index in [2.05, 4.69) is 5.32 Å². The predicted octanol–water partition coefficient (Wildman–Crippen LogP) is 1.31. The highest BCUT2D eigenvalue weighted by molar-refractivity contribution is 5.77. The Kier molecular flexibility index (Phi) is 4.52. The SMILES string of the molecule is CC(NC(=O)N1CCC(C)(C(=O)O)CC1)C1CCOC1. The van der Waals surface area contributed by atoms with Crippen molar-refractivity contribution in [1.82, 2.24) is 10.2 Å². The van der Waals surface area contributed by atoms with Gasteiger partial charge in [-0.3, -0.25) is 4.79 Å². The molecule has 0 bridgehead atoms. The van der Waals surface area contributed by atoms with Gasteiger partial charge in [0.15, 0.2) is 0 Å². The lowest BCUT2D eigenvalue weighted by Crippen LogP contribution is -2.51. The van der Waals surface area contributed by atoms with Gasteiger partial charge in [0.1, 0.15) is 0 Å². The van der Waals surface area contributed by atoms with Crippen LogP contribution in [0.2, 0.25) is 0 Å². The fourth-order valence-electron chi connectivity index (χ4n) is 2.77. The van der Waals surface area contributed by atoms with Crippen molar-refractivity contribution >= 4 is 12.0 Å². The van der Waals surface area contributed by atoms with Crippen LogP contribution >= 0.6 is 0 Å². The molecule has 2 rings (SSSR count). The van der Waals surface area contributed by atoms with Crippen molar-refractivity contribution in [3.05, 3.63) is 0 Å². The predicted molar refractivity (Wildman–Crippen MR) is 73.5 cm³/mol. The first-order valence-electron chi connectivity index (χ1n) is 7.29. The average Bonchev–Trinajstić information content (AvgIpc) is 2.93. The molecule has 2 atom stereocenters. The van der Waals surface area contributed by atoms with Crippen molar-refractivity contribution in [2.24, 2.45) is 11.3 Å². The van der Waals surface area contributed by atoms with Gasteiger partial charge >= 0.3 is 12.0 Å². The molecule has 0 saturated carbocycles. The Hall–Kier alpha value is -1.30. The van der Waals surface area contributed by atoms with Gasteiger partial charge in [-0.2, -0.15) is 0 Å². The van der Waals surface area contributed by atoms with Crippen LogP contribution in [0.4, 0.5) is 4.79 Å². The first kappa shape index (κ1) is 15.1. The standard InChI is InChI=1S/C14H24N2O4/c1-10(11-3-8-20-9-11)15-13(19)16-6-4-14(2,5-7-16)12(17)18/h10-11H,3-9H2,1-2H3,(H,15,19)(H,17,18). The second-order valence-corrected chi connectivity index (χ2v) is 6.21. The maximum absolute atomic E-state index is 12.2. The summed E-state index contributed by atoms with van der Waals surface area (Å²) in [6.07, 6.45) is 2.01. The summed E-state index contributed by atoms with van der Waals surface area (Å²) in [4.78, 5) is 25.1. The highest BCUT2D eigenvalue weighted by Crippen LogP contribution is 2.31. The second-order valence-electron chi connectivity index (χ2n) is 6.21.